The lowest BCUT2D eigenvalue weighted by molar-refractivity contribution is 0.685. The number of rotatable bonds is 5. The molecule has 0 aliphatic carbocycles. The Bertz CT molecular complexity index is 526. The lowest BCUT2D eigenvalue weighted by atomic mass is 10.1. The number of hydrogen-bond acceptors (Lipinski definition) is 2. The maximum atomic E-state index is 4.27. The van der Waals surface area contributed by atoms with Crippen LogP contribution in [0.5, 0.6) is 0 Å². The molecule has 1 atom stereocenters. The van der Waals surface area contributed by atoms with E-state index in [0.717, 1.165) is 18.9 Å². The van der Waals surface area contributed by atoms with Gasteiger partial charge in [0, 0.05) is 18.5 Å². The summed E-state index contributed by atoms with van der Waals surface area (Å²) in [6.07, 6.45) is 1.03. The molecule has 5 heteroatoms. The average Bonchev–Trinajstić information content (AvgIpc) is 3.00. The van der Waals surface area contributed by atoms with Crippen molar-refractivity contribution in [2.45, 2.75) is 19.4 Å². The number of aliphatic imine (C=N–C) groups is 1. The second kappa shape index (κ2) is 9.78. The summed E-state index contributed by atoms with van der Waals surface area (Å²) in [6.45, 7) is 3.03. The van der Waals surface area contributed by atoms with E-state index in [2.05, 4.69) is 64.3 Å². The molecule has 2 aromatic rings. The largest absolute Gasteiger partial charge is 0.356 e. The molecule has 21 heavy (non-hydrogen) atoms. The molecule has 0 radical (unpaired) electrons. The fraction of sp³-hybridized carbons (Fsp3) is 0.312. The third-order valence-corrected chi connectivity index (χ3v) is 4.06. The summed E-state index contributed by atoms with van der Waals surface area (Å²) in [6, 6.07) is 14.9. The molecular weight excluding hydrogens is 393 g/mol. The molecule has 1 aromatic carbocycles. The predicted molar refractivity (Wildman–Crippen MR) is 103 cm³/mol. The molecule has 1 heterocycles. The molecule has 2 N–H and O–H groups in total. The maximum absolute atomic E-state index is 4.27. The first-order chi connectivity index (χ1) is 9.79. The van der Waals surface area contributed by atoms with Crippen LogP contribution in [0.25, 0.3) is 0 Å². The van der Waals surface area contributed by atoms with Gasteiger partial charge in [-0.1, -0.05) is 36.4 Å². The fourth-order valence-corrected chi connectivity index (χ4v) is 2.69. The van der Waals surface area contributed by atoms with Crippen LogP contribution in [-0.4, -0.2) is 19.6 Å². The first kappa shape index (κ1) is 18.0. The van der Waals surface area contributed by atoms with E-state index < -0.39 is 0 Å². The van der Waals surface area contributed by atoms with Crippen LogP contribution in [0.4, 0.5) is 0 Å². The van der Waals surface area contributed by atoms with Gasteiger partial charge in [0.05, 0.1) is 6.04 Å². The van der Waals surface area contributed by atoms with Crippen molar-refractivity contribution in [3.05, 3.63) is 58.3 Å². The van der Waals surface area contributed by atoms with Gasteiger partial charge in [0.25, 0.3) is 0 Å². The van der Waals surface area contributed by atoms with E-state index in [-0.39, 0.29) is 30.0 Å². The third-order valence-electron chi connectivity index (χ3n) is 3.12. The first-order valence-corrected chi connectivity index (χ1v) is 7.72. The summed E-state index contributed by atoms with van der Waals surface area (Å²) in [5, 5.41) is 8.87. The molecule has 114 valence electrons. The normalized spacial score (nSPS) is 12.4. The minimum Gasteiger partial charge on any atom is -0.356 e. The molecule has 0 fully saturated rings. The highest BCUT2D eigenvalue weighted by molar-refractivity contribution is 14.0. The van der Waals surface area contributed by atoms with E-state index >= 15 is 0 Å². The quantitative estimate of drug-likeness (QED) is 0.443. The summed E-state index contributed by atoms with van der Waals surface area (Å²) in [5.41, 5.74) is 1.26. The van der Waals surface area contributed by atoms with Gasteiger partial charge < -0.3 is 10.6 Å². The van der Waals surface area contributed by atoms with Gasteiger partial charge in [0.2, 0.25) is 0 Å². The van der Waals surface area contributed by atoms with Crippen LogP contribution in [0.1, 0.15) is 23.4 Å². The zero-order chi connectivity index (χ0) is 14.2. The predicted octanol–water partition coefficient (Wildman–Crippen LogP) is 3.83. The van der Waals surface area contributed by atoms with Gasteiger partial charge in [-0.25, -0.2) is 0 Å². The Morgan fingerprint density at radius 2 is 1.95 bits per heavy atom. The van der Waals surface area contributed by atoms with Crippen LogP contribution in [0, 0.1) is 0 Å². The Morgan fingerprint density at radius 1 is 1.19 bits per heavy atom. The van der Waals surface area contributed by atoms with Crippen molar-refractivity contribution in [1.29, 1.82) is 0 Å². The Hall–Kier alpha value is -1.08. The van der Waals surface area contributed by atoms with Crippen LogP contribution in [-0.2, 0) is 6.42 Å². The van der Waals surface area contributed by atoms with Gasteiger partial charge in [-0.3, -0.25) is 4.99 Å². The molecule has 0 saturated heterocycles. The van der Waals surface area contributed by atoms with Gasteiger partial charge >= 0.3 is 0 Å². The zero-order valence-electron chi connectivity index (χ0n) is 12.4. The van der Waals surface area contributed by atoms with Gasteiger partial charge in [-0.05, 0) is 30.4 Å². The molecular formula is C16H22IN3S. The van der Waals surface area contributed by atoms with Crippen molar-refractivity contribution in [2.75, 3.05) is 13.6 Å². The Balaban J connectivity index is 0.00000220. The summed E-state index contributed by atoms with van der Waals surface area (Å²) in [5.74, 6) is 0.845. The summed E-state index contributed by atoms with van der Waals surface area (Å²) in [7, 11) is 1.80. The van der Waals surface area contributed by atoms with Crippen molar-refractivity contribution >= 4 is 41.3 Å². The van der Waals surface area contributed by atoms with Crippen molar-refractivity contribution in [3.63, 3.8) is 0 Å². The highest BCUT2D eigenvalue weighted by Gasteiger charge is 2.06. The number of benzene rings is 1. The van der Waals surface area contributed by atoms with E-state index in [1.807, 2.05) is 6.07 Å². The van der Waals surface area contributed by atoms with Gasteiger partial charge in [0.1, 0.15) is 0 Å². The summed E-state index contributed by atoms with van der Waals surface area (Å²) >= 11 is 1.79. The smallest absolute Gasteiger partial charge is 0.191 e. The second-order valence-electron chi connectivity index (χ2n) is 4.61. The number of halogens is 1. The van der Waals surface area contributed by atoms with Crippen molar-refractivity contribution < 1.29 is 0 Å². The monoisotopic (exact) mass is 415 g/mol. The average molecular weight is 415 g/mol. The Kier molecular flexibility index (Phi) is 8.37. The molecule has 1 unspecified atom stereocenters. The number of thiophene rings is 1. The second-order valence-corrected chi connectivity index (χ2v) is 5.64. The molecule has 2 rings (SSSR count). The molecule has 3 nitrogen and oxygen atoms in total. The molecule has 0 amide bonds. The van der Waals surface area contributed by atoms with Crippen LogP contribution in [0.3, 0.4) is 0 Å². The van der Waals surface area contributed by atoms with Gasteiger partial charge in [-0.2, -0.15) is 0 Å². The molecule has 1 aromatic heterocycles. The third kappa shape index (κ3) is 6.05. The highest BCUT2D eigenvalue weighted by atomic mass is 127. The Labute approximate surface area is 147 Å². The summed E-state index contributed by atoms with van der Waals surface area (Å²) < 4.78 is 0. The molecule has 0 bridgehead atoms. The van der Waals surface area contributed by atoms with Crippen molar-refractivity contribution in [1.82, 2.24) is 10.6 Å². The fourth-order valence-electron chi connectivity index (χ4n) is 1.98. The summed E-state index contributed by atoms with van der Waals surface area (Å²) in [4.78, 5) is 5.66. The van der Waals surface area contributed by atoms with Crippen LogP contribution < -0.4 is 10.6 Å². The van der Waals surface area contributed by atoms with Crippen molar-refractivity contribution in [2.24, 2.45) is 4.99 Å². The number of hydrogen-bond donors (Lipinski definition) is 2. The van der Waals surface area contributed by atoms with E-state index in [1.165, 1.54) is 10.4 Å². The van der Waals surface area contributed by atoms with E-state index in [9.17, 15) is 0 Å². The maximum Gasteiger partial charge on any atom is 0.191 e. The Morgan fingerprint density at radius 3 is 2.57 bits per heavy atom. The first-order valence-electron chi connectivity index (χ1n) is 6.84. The van der Waals surface area contributed by atoms with E-state index in [4.69, 9.17) is 0 Å². The van der Waals surface area contributed by atoms with Gasteiger partial charge in [0.15, 0.2) is 5.96 Å². The van der Waals surface area contributed by atoms with Crippen LogP contribution in [0.2, 0.25) is 0 Å². The van der Waals surface area contributed by atoms with E-state index in [1.54, 1.807) is 18.4 Å². The van der Waals surface area contributed by atoms with Crippen molar-refractivity contribution in [3.8, 4) is 0 Å². The lowest BCUT2D eigenvalue weighted by Crippen LogP contribution is -2.39. The zero-order valence-corrected chi connectivity index (χ0v) is 15.5. The topological polar surface area (TPSA) is 36.4 Å². The standard InChI is InChI=1S/C16H21N3S.HI/c1-13(14-7-4-3-5-8-14)19-16(17-2)18-11-10-15-9-6-12-20-15;/h3-9,12-13H,10-11H2,1-2H3,(H2,17,18,19);1H. The minimum atomic E-state index is 0. The highest BCUT2D eigenvalue weighted by Crippen LogP contribution is 2.11. The molecule has 0 aliphatic rings. The van der Waals surface area contributed by atoms with Crippen LogP contribution in [0.15, 0.2) is 52.8 Å². The SMILES string of the molecule is CN=C(NCCc1cccs1)NC(C)c1ccccc1.I. The molecule has 0 aliphatic heterocycles. The number of nitrogens with zero attached hydrogens (tertiary/aromatic N) is 1. The van der Waals surface area contributed by atoms with E-state index in [0.29, 0.717) is 0 Å². The van der Waals surface area contributed by atoms with Crippen LogP contribution >= 0.6 is 35.3 Å². The molecule has 0 saturated carbocycles. The molecule has 0 spiro atoms. The minimum absolute atomic E-state index is 0. The number of nitrogens with one attached hydrogen (secondary N) is 2. The lowest BCUT2D eigenvalue weighted by Gasteiger charge is -2.18. The number of guanidine groups is 1. The van der Waals surface area contributed by atoms with Gasteiger partial charge in [-0.15, -0.1) is 35.3 Å².